The third-order valence-electron chi connectivity index (χ3n) is 3.59. The van der Waals surface area contributed by atoms with Gasteiger partial charge in [0.25, 0.3) is 11.6 Å². The van der Waals surface area contributed by atoms with E-state index in [2.05, 4.69) is 15.5 Å². The van der Waals surface area contributed by atoms with Gasteiger partial charge in [-0.15, -0.1) is 17.5 Å². The molecule has 1 aliphatic heterocycles. The quantitative estimate of drug-likeness (QED) is 0.570. The molecule has 4 rings (SSSR count). The van der Waals surface area contributed by atoms with E-state index >= 15 is 0 Å². The summed E-state index contributed by atoms with van der Waals surface area (Å²) in [5, 5.41) is 22.8. The second-order valence-electron chi connectivity index (χ2n) is 4.98. The number of aromatic nitrogens is 2. The maximum Gasteiger partial charge on any atom is 0.276 e. The first-order chi connectivity index (χ1) is 11.1. The van der Waals surface area contributed by atoms with Crippen molar-refractivity contribution in [3.63, 3.8) is 0 Å². The van der Waals surface area contributed by atoms with Gasteiger partial charge in [-0.1, -0.05) is 18.2 Å². The van der Waals surface area contributed by atoms with Gasteiger partial charge in [0.1, 0.15) is 0 Å². The molecule has 24 heavy (non-hydrogen) atoms. The number of nitro groups is 1. The Morgan fingerprint density at radius 2 is 2.00 bits per heavy atom. The Bertz CT molecular complexity index is 1010. The number of nitro benzene ring substituents is 1. The fraction of sp³-hybridized carbons (Fsp3) is 0. The molecule has 1 aliphatic rings. The van der Waals surface area contributed by atoms with Gasteiger partial charge in [-0.05, 0) is 12.1 Å². The summed E-state index contributed by atoms with van der Waals surface area (Å²) in [5.74, 6) is -0.417. The van der Waals surface area contributed by atoms with Crippen molar-refractivity contribution in [1.29, 1.82) is 0 Å². The molecule has 0 unspecified atom stereocenters. The lowest BCUT2D eigenvalue weighted by atomic mass is 10.1. The number of carbonyl (C=O) groups excluding carboxylic acids is 1. The molecule has 120 valence electrons. The average molecular weight is 344 g/mol. The van der Waals surface area contributed by atoms with Crippen LogP contribution in [-0.4, -0.2) is 26.4 Å². The minimum absolute atomic E-state index is 0. The predicted octanol–water partition coefficient (Wildman–Crippen LogP) is 2.57. The minimum atomic E-state index is -0.510. The van der Waals surface area contributed by atoms with Gasteiger partial charge in [0.2, 0.25) is 0 Å². The molecule has 0 bridgehead atoms. The number of nitrogens with one attached hydrogen (secondary N) is 1. The van der Waals surface area contributed by atoms with E-state index in [1.807, 2.05) is 24.3 Å². The summed E-state index contributed by atoms with van der Waals surface area (Å²) in [7, 11) is 0. The van der Waals surface area contributed by atoms with Crippen LogP contribution in [0.4, 0.5) is 11.4 Å². The molecule has 0 atom stereocenters. The smallest absolute Gasteiger partial charge is 0.276 e. The zero-order valence-electron chi connectivity index (χ0n) is 12.0. The van der Waals surface area contributed by atoms with E-state index in [-0.39, 0.29) is 23.8 Å². The zero-order chi connectivity index (χ0) is 16.0. The van der Waals surface area contributed by atoms with Crippen LogP contribution in [0, 0.1) is 10.1 Å². The van der Waals surface area contributed by atoms with Crippen molar-refractivity contribution >= 4 is 46.3 Å². The molecule has 0 saturated carbocycles. The molecule has 3 aromatic rings. The number of amides is 1. The maximum absolute atomic E-state index is 12.1. The topological polar surface area (TPSA) is 102 Å². The molecule has 2 aromatic carbocycles. The summed E-state index contributed by atoms with van der Waals surface area (Å²) in [5.41, 5.74) is 1.63. The number of non-ortho nitro benzene ring substituents is 1. The number of para-hydroxylation sites is 1. The Morgan fingerprint density at radius 3 is 2.79 bits per heavy atom. The summed E-state index contributed by atoms with van der Waals surface area (Å²) in [6, 6.07) is 11.6. The Kier molecular flexibility index (Phi) is 3.74. The van der Waals surface area contributed by atoms with Crippen LogP contribution in [0.5, 0.6) is 0 Å². The maximum atomic E-state index is 12.1. The molecule has 9 heteroatoms. The van der Waals surface area contributed by atoms with Crippen LogP contribution in [0.25, 0.3) is 10.9 Å². The van der Waals surface area contributed by atoms with Gasteiger partial charge >= 0.3 is 0 Å². The van der Waals surface area contributed by atoms with Crippen LogP contribution in [0.2, 0.25) is 0 Å². The first-order valence-electron chi connectivity index (χ1n) is 6.75. The fourth-order valence-electron chi connectivity index (χ4n) is 2.49. The molecule has 1 aromatic heterocycles. The number of halogens is 1. The third-order valence-corrected chi connectivity index (χ3v) is 3.59. The second-order valence-corrected chi connectivity index (χ2v) is 4.98. The molecule has 0 spiro atoms. The second kappa shape index (κ2) is 5.74. The van der Waals surface area contributed by atoms with E-state index in [1.54, 1.807) is 6.20 Å². The van der Waals surface area contributed by atoms with E-state index < -0.39 is 10.8 Å². The van der Waals surface area contributed by atoms with Crippen molar-refractivity contribution in [2.45, 2.75) is 0 Å². The highest BCUT2D eigenvalue weighted by atomic mass is 35.5. The summed E-state index contributed by atoms with van der Waals surface area (Å²) in [6.07, 6.45) is 1.64. The van der Waals surface area contributed by atoms with Crippen LogP contribution in [0.1, 0.15) is 5.56 Å². The van der Waals surface area contributed by atoms with Crippen molar-refractivity contribution in [2.75, 3.05) is 5.32 Å². The van der Waals surface area contributed by atoms with E-state index in [0.29, 0.717) is 11.3 Å². The summed E-state index contributed by atoms with van der Waals surface area (Å²) in [6.45, 7) is 0. The van der Waals surface area contributed by atoms with Gasteiger partial charge in [0.05, 0.1) is 22.3 Å². The van der Waals surface area contributed by atoms with Crippen LogP contribution in [0.15, 0.2) is 53.8 Å². The average Bonchev–Trinajstić information content (AvgIpc) is 3.09. The van der Waals surface area contributed by atoms with Crippen molar-refractivity contribution < 1.29 is 9.72 Å². The number of nitrogens with zero attached hydrogens (tertiary/aromatic N) is 4. The zero-order valence-corrected chi connectivity index (χ0v) is 12.9. The molecule has 0 fully saturated rings. The van der Waals surface area contributed by atoms with Crippen LogP contribution < -0.4 is 5.32 Å². The highest BCUT2D eigenvalue weighted by Crippen LogP contribution is 2.28. The molecular formula is C15H10ClN5O3. The number of hydrogen-bond acceptors (Lipinski definition) is 5. The Hall–Kier alpha value is -3.26. The lowest BCUT2D eigenvalue weighted by molar-refractivity contribution is -0.384. The number of carbonyl (C=O) groups is 1. The molecule has 1 amide bonds. The van der Waals surface area contributed by atoms with Gasteiger partial charge in [-0.3, -0.25) is 14.9 Å². The van der Waals surface area contributed by atoms with E-state index in [1.165, 1.54) is 23.0 Å². The molecule has 8 nitrogen and oxygen atoms in total. The number of fused-ring (bicyclic) bond motifs is 2. The Labute approximate surface area is 141 Å². The molecule has 0 radical (unpaired) electrons. The summed E-state index contributed by atoms with van der Waals surface area (Å²) in [4.78, 5) is 23.9. The predicted molar refractivity (Wildman–Crippen MR) is 90.6 cm³/mol. The van der Waals surface area contributed by atoms with Crippen LogP contribution in [-0.2, 0) is 4.79 Å². The Morgan fingerprint density at radius 1 is 1.21 bits per heavy atom. The fourth-order valence-corrected chi connectivity index (χ4v) is 2.49. The van der Waals surface area contributed by atoms with Crippen LogP contribution >= 0.6 is 12.4 Å². The van der Waals surface area contributed by atoms with E-state index in [4.69, 9.17) is 0 Å². The number of benzene rings is 2. The summed E-state index contributed by atoms with van der Waals surface area (Å²) >= 11 is 0. The Balaban J connectivity index is 0.00000169. The lowest BCUT2D eigenvalue weighted by Crippen LogP contribution is -2.16. The van der Waals surface area contributed by atoms with Crippen LogP contribution in [0.3, 0.4) is 0 Å². The van der Waals surface area contributed by atoms with Gasteiger partial charge in [-0.25, -0.2) is 0 Å². The lowest BCUT2D eigenvalue weighted by Gasteiger charge is -1.99. The van der Waals surface area contributed by atoms with E-state index in [9.17, 15) is 14.9 Å². The van der Waals surface area contributed by atoms with Gasteiger partial charge in [0.15, 0.2) is 5.71 Å². The largest absolute Gasteiger partial charge is 0.320 e. The van der Waals surface area contributed by atoms with E-state index in [0.717, 1.165) is 10.9 Å². The first-order valence-corrected chi connectivity index (χ1v) is 6.75. The van der Waals surface area contributed by atoms with Gasteiger partial charge < -0.3 is 5.32 Å². The van der Waals surface area contributed by atoms with Gasteiger partial charge in [-0.2, -0.15) is 9.89 Å². The normalized spacial score (nSPS) is 14.3. The molecule has 2 heterocycles. The van der Waals surface area contributed by atoms with Crippen molar-refractivity contribution in [3.05, 3.63) is 64.3 Å². The third kappa shape index (κ3) is 2.38. The molecular weight excluding hydrogens is 334 g/mol. The molecule has 0 aliphatic carbocycles. The minimum Gasteiger partial charge on any atom is -0.320 e. The highest BCUT2D eigenvalue weighted by Gasteiger charge is 2.28. The van der Waals surface area contributed by atoms with Crippen molar-refractivity contribution in [3.8, 4) is 0 Å². The van der Waals surface area contributed by atoms with Crippen molar-refractivity contribution in [1.82, 2.24) is 9.89 Å². The highest BCUT2D eigenvalue weighted by molar-refractivity contribution is 6.53. The SMILES string of the molecule is Cl.O=C1Nc2ccc([N+](=O)[O-])cc2/C1=N/n1ncc2ccccc21. The van der Waals surface area contributed by atoms with Gasteiger partial charge in [0, 0.05) is 23.1 Å². The first kappa shape index (κ1) is 15.6. The van der Waals surface area contributed by atoms with Crippen molar-refractivity contribution in [2.24, 2.45) is 5.10 Å². The monoisotopic (exact) mass is 343 g/mol. The number of rotatable bonds is 2. The molecule has 0 saturated heterocycles. The number of hydrogen-bond donors (Lipinski definition) is 1. The molecule has 1 N–H and O–H groups in total. The summed E-state index contributed by atoms with van der Waals surface area (Å²) < 4.78 is 0. The number of anilines is 1. The standard InChI is InChI=1S/C15H9N5O3.ClH/c21-15-14(11-7-10(20(22)23)5-6-12(11)17-15)18-19-13-4-2-1-3-9(13)8-16-19;/h1-8H,(H,17,18,21);1H.